The Hall–Kier alpha value is -1.06. The summed E-state index contributed by atoms with van der Waals surface area (Å²) in [5, 5.41) is 6.94. The molecule has 126 valence electrons. The van der Waals surface area contributed by atoms with Crippen LogP contribution in [0.5, 0.6) is 0 Å². The van der Waals surface area contributed by atoms with E-state index in [9.17, 15) is 17.2 Å². The zero-order chi connectivity index (χ0) is 16.2. The average Bonchev–Trinajstić information content (AvgIpc) is 2.94. The summed E-state index contributed by atoms with van der Waals surface area (Å²) in [6, 6.07) is -0.0513. The molecule has 1 aromatic rings. The van der Waals surface area contributed by atoms with Gasteiger partial charge in [0.2, 0.25) is 10.0 Å². The molecular weight excluding hydrogens is 314 g/mol. The third-order valence-electron chi connectivity index (χ3n) is 3.70. The minimum atomic E-state index is -3.70. The predicted molar refractivity (Wildman–Crippen MR) is 78.3 cm³/mol. The molecule has 0 radical (unpaired) electrons. The maximum absolute atomic E-state index is 12.8. The molecule has 0 amide bonds. The SMILES string of the molecule is CCCN(C1CCNCC1)S(=O)(=O)c1cnn(CC(F)F)c1. The van der Waals surface area contributed by atoms with Gasteiger partial charge in [0.05, 0.1) is 6.20 Å². The fourth-order valence-electron chi connectivity index (χ4n) is 2.67. The van der Waals surface area contributed by atoms with Gasteiger partial charge in [-0.25, -0.2) is 17.2 Å². The number of aromatic nitrogens is 2. The second kappa shape index (κ2) is 7.47. The summed E-state index contributed by atoms with van der Waals surface area (Å²) in [6.07, 6.45) is 1.99. The molecule has 0 aromatic carbocycles. The van der Waals surface area contributed by atoms with E-state index in [1.54, 1.807) is 0 Å². The summed E-state index contributed by atoms with van der Waals surface area (Å²) in [7, 11) is -3.70. The fourth-order valence-corrected chi connectivity index (χ4v) is 4.40. The van der Waals surface area contributed by atoms with Crippen molar-refractivity contribution in [2.75, 3.05) is 19.6 Å². The number of rotatable bonds is 7. The molecule has 0 unspecified atom stereocenters. The highest BCUT2D eigenvalue weighted by molar-refractivity contribution is 7.89. The van der Waals surface area contributed by atoms with Gasteiger partial charge in [0.15, 0.2) is 0 Å². The lowest BCUT2D eigenvalue weighted by molar-refractivity contribution is 0.121. The van der Waals surface area contributed by atoms with Crippen LogP contribution in [0.25, 0.3) is 0 Å². The molecule has 9 heteroatoms. The number of piperidine rings is 1. The lowest BCUT2D eigenvalue weighted by Gasteiger charge is -2.33. The highest BCUT2D eigenvalue weighted by Gasteiger charge is 2.32. The van der Waals surface area contributed by atoms with Crippen molar-refractivity contribution < 1.29 is 17.2 Å². The Morgan fingerprint density at radius 2 is 2.14 bits per heavy atom. The molecule has 1 saturated heterocycles. The van der Waals surface area contributed by atoms with Crippen molar-refractivity contribution in [2.45, 2.75) is 50.1 Å². The molecular formula is C13H22F2N4O2S. The molecule has 1 aliphatic heterocycles. The van der Waals surface area contributed by atoms with Gasteiger partial charge in [-0.2, -0.15) is 9.40 Å². The van der Waals surface area contributed by atoms with E-state index in [0.29, 0.717) is 13.0 Å². The molecule has 0 aliphatic carbocycles. The summed E-state index contributed by atoms with van der Waals surface area (Å²) in [6.45, 7) is 3.31. The van der Waals surface area contributed by atoms with Crippen molar-refractivity contribution in [1.82, 2.24) is 19.4 Å². The molecule has 0 saturated carbocycles. The minimum Gasteiger partial charge on any atom is -0.317 e. The quantitative estimate of drug-likeness (QED) is 0.815. The molecule has 1 fully saturated rings. The number of hydrogen-bond donors (Lipinski definition) is 1. The topological polar surface area (TPSA) is 67.2 Å². The summed E-state index contributed by atoms with van der Waals surface area (Å²) in [5.41, 5.74) is 0. The van der Waals surface area contributed by atoms with E-state index in [-0.39, 0.29) is 10.9 Å². The first-order valence-electron chi connectivity index (χ1n) is 7.48. The van der Waals surface area contributed by atoms with Gasteiger partial charge in [-0.05, 0) is 32.4 Å². The van der Waals surface area contributed by atoms with Gasteiger partial charge in [0.1, 0.15) is 11.4 Å². The van der Waals surface area contributed by atoms with E-state index >= 15 is 0 Å². The Kier molecular flexibility index (Phi) is 5.87. The van der Waals surface area contributed by atoms with Crippen LogP contribution in [0.3, 0.4) is 0 Å². The predicted octanol–water partition coefficient (Wildman–Crippen LogP) is 1.30. The molecule has 2 rings (SSSR count). The molecule has 1 aromatic heterocycles. The van der Waals surface area contributed by atoms with Gasteiger partial charge in [-0.15, -0.1) is 0 Å². The molecule has 2 heterocycles. The van der Waals surface area contributed by atoms with Crippen LogP contribution in [0.2, 0.25) is 0 Å². The Morgan fingerprint density at radius 3 is 2.73 bits per heavy atom. The van der Waals surface area contributed by atoms with Crippen molar-refractivity contribution in [1.29, 1.82) is 0 Å². The number of nitrogens with one attached hydrogen (secondary N) is 1. The smallest absolute Gasteiger partial charge is 0.257 e. The van der Waals surface area contributed by atoms with E-state index in [1.807, 2.05) is 6.92 Å². The standard InChI is InChI=1S/C13H22F2N4O2S/c1-2-7-19(11-3-5-16-6-4-11)22(20,21)12-8-17-18(9-12)10-13(14)15/h8-9,11,13,16H,2-7,10H2,1H3. The van der Waals surface area contributed by atoms with E-state index < -0.39 is 23.0 Å². The van der Waals surface area contributed by atoms with Crippen molar-refractivity contribution in [2.24, 2.45) is 0 Å². The van der Waals surface area contributed by atoms with Gasteiger partial charge >= 0.3 is 0 Å². The van der Waals surface area contributed by atoms with Gasteiger partial charge < -0.3 is 5.32 Å². The van der Waals surface area contributed by atoms with Crippen molar-refractivity contribution in [3.05, 3.63) is 12.4 Å². The first-order chi connectivity index (χ1) is 10.4. The number of hydrogen-bond acceptors (Lipinski definition) is 4. The number of halogens is 2. The second-order valence-electron chi connectivity index (χ2n) is 5.39. The summed E-state index contributed by atoms with van der Waals surface area (Å²) in [4.78, 5) is -0.0138. The monoisotopic (exact) mass is 336 g/mol. The fraction of sp³-hybridized carbons (Fsp3) is 0.769. The lowest BCUT2D eigenvalue weighted by atomic mass is 10.1. The second-order valence-corrected chi connectivity index (χ2v) is 7.28. The van der Waals surface area contributed by atoms with Crippen molar-refractivity contribution in [3.63, 3.8) is 0 Å². The number of sulfonamides is 1. The lowest BCUT2D eigenvalue weighted by Crippen LogP contribution is -2.46. The highest BCUT2D eigenvalue weighted by atomic mass is 32.2. The Bertz CT molecular complexity index is 570. The average molecular weight is 336 g/mol. The summed E-state index contributed by atoms with van der Waals surface area (Å²) in [5.74, 6) is 0. The van der Waals surface area contributed by atoms with E-state index in [1.165, 1.54) is 10.5 Å². The van der Waals surface area contributed by atoms with E-state index in [2.05, 4.69) is 10.4 Å². The van der Waals surface area contributed by atoms with Crippen LogP contribution >= 0.6 is 0 Å². The first-order valence-corrected chi connectivity index (χ1v) is 8.92. The van der Waals surface area contributed by atoms with Gasteiger partial charge in [-0.1, -0.05) is 6.92 Å². The highest BCUT2D eigenvalue weighted by Crippen LogP contribution is 2.22. The normalized spacial score (nSPS) is 17.5. The maximum Gasteiger partial charge on any atom is 0.257 e. The zero-order valence-corrected chi connectivity index (χ0v) is 13.4. The first kappa shape index (κ1) is 17.3. The van der Waals surface area contributed by atoms with Crippen LogP contribution in [-0.4, -0.2) is 54.6 Å². The molecule has 0 atom stereocenters. The molecule has 22 heavy (non-hydrogen) atoms. The molecule has 0 bridgehead atoms. The van der Waals surface area contributed by atoms with Gasteiger partial charge in [-0.3, -0.25) is 4.68 Å². The van der Waals surface area contributed by atoms with Crippen LogP contribution < -0.4 is 5.32 Å². The molecule has 1 N–H and O–H groups in total. The van der Waals surface area contributed by atoms with Gasteiger partial charge in [0.25, 0.3) is 6.43 Å². The van der Waals surface area contributed by atoms with E-state index in [0.717, 1.165) is 36.8 Å². The van der Waals surface area contributed by atoms with Crippen LogP contribution in [0.4, 0.5) is 8.78 Å². The third-order valence-corrected chi connectivity index (χ3v) is 5.61. The van der Waals surface area contributed by atoms with Crippen LogP contribution in [-0.2, 0) is 16.6 Å². The molecule has 0 spiro atoms. The van der Waals surface area contributed by atoms with Crippen molar-refractivity contribution >= 4 is 10.0 Å². The Morgan fingerprint density at radius 1 is 1.45 bits per heavy atom. The third kappa shape index (κ3) is 4.02. The molecule has 6 nitrogen and oxygen atoms in total. The van der Waals surface area contributed by atoms with E-state index in [4.69, 9.17) is 0 Å². The minimum absolute atomic E-state index is 0.0138. The molecule has 1 aliphatic rings. The summed E-state index contributed by atoms with van der Waals surface area (Å²) < 4.78 is 52.8. The number of nitrogens with zero attached hydrogens (tertiary/aromatic N) is 3. The Labute approximate surface area is 129 Å². The zero-order valence-electron chi connectivity index (χ0n) is 12.6. The van der Waals surface area contributed by atoms with Crippen molar-refractivity contribution in [3.8, 4) is 0 Å². The largest absolute Gasteiger partial charge is 0.317 e. The van der Waals surface area contributed by atoms with Crippen LogP contribution in [0, 0.1) is 0 Å². The van der Waals surface area contributed by atoms with Crippen LogP contribution in [0.15, 0.2) is 17.3 Å². The van der Waals surface area contributed by atoms with Gasteiger partial charge in [0, 0.05) is 18.8 Å². The number of alkyl halides is 2. The maximum atomic E-state index is 12.8. The Balaban J connectivity index is 2.22. The van der Waals surface area contributed by atoms with Crippen LogP contribution in [0.1, 0.15) is 26.2 Å². The summed E-state index contributed by atoms with van der Waals surface area (Å²) >= 11 is 0.